The second kappa shape index (κ2) is 7.97. The monoisotopic (exact) mass is 277 g/mol. The van der Waals surface area contributed by atoms with Crippen molar-refractivity contribution in [2.45, 2.75) is 6.92 Å². The van der Waals surface area contributed by atoms with Crippen LogP contribution in [0.15, 0.2) is 47.2 Å². The molecule has 0 amide bonds. The number of nitrogens with zero attached hydrogens (tertiary/aromatic N) is 3. The van der Waals surface area contributed by atoms with Gasteiger partial charge < -0.3 is 4.74 Å². The van der Waals surface area contributed by atoms with Gasteiger partial charge in [-0.1, -0.05) is 41.0 Å². The zero-order valence-corrected chi connectivity index (χ0v) is 11.0. The van der Waals surface area contributed by atoms with Crippen LogP contribution in [0.4, 0.5) is 0 Å². The molecule has 19 heavy (non-hydrogen) atoms. The fourth-order valence-electron chi connectivity index (χ4n) is 1.22. The van der Waals surface area contributed by atoms with Crippen LogP contribution in [0, 0.1) is 0 Å². The van der Waals surface area contributed by atoms with Crippen molar-refractivity contribution in [1.82, 2.24) is 0 Å². The van der Waals surface area contributed by atoms with Crippen molar-refractivity contribution in [2.24, 2.45) is 5.11 Å². The van der Waals surface area contributed by atoms with Gasteiger partial charge in [0.15, 0.2) is 0 Å². The molecule has 0 spiro atoms. The zero-order chi connectivity index (χ0) is 14.1. The van der Waals surface area contributed by atoms with Gasteiger partial charge in [-0.15, -0.1) is 0 Å². The molecule has 6 heteroatoms. The molecular weight excluding hydrogens is 266 g/mol. The smallest absolute Gasteiger partial charge is 0.340 e. The minimum Gasteiger partial charge on any atom is -0.462 e. The second-order valence-corrected chi connectivity index (χ2v) is 3.81. The third-order valence-corrected chi connectivity index (χ3v) is 2.30. The lowest BCUT2D eigenvalue weighted by molar-refractivity contribution is -0.138. The molecule has 5 nitrogen and oxygen atoms in total. The molecule has 0 saturated carbocycles. The van der Waals surface area contributed by atoms with E-state index < -0.39 is 5.97 Å². The molecule has 1 aromatic rings. The van der Waals surface area contributed by atoms with Crippen molar-refractivity contribution < 1.29 is 9.53 Å². The number of hydrogen-bond acceptors (Lipinski definition) is 3. The van der Waals surface area contributed by atoms with Gasteiger partial charge in [-0.05, 0) is 36.2 Å². The van der Waals surface area contributed by atoms with Crippen molar-refractivity contribution in [2.75, 3.05) is 6.61 Å². The van der Waals surface area contributed by atoms with E-state index >= 15 is 0 Å². The Morgan fingerprint density at radius 1 is 1.47 bits per heavy atom. The molecule has 1 aromatic carbocycles. The van der Waals surface area contributed by atoms with E-state index in [1.165, 1.54) is 6.08 Å². The predicted molar refractivity (Wildman–Crippen MR) is 74.3 cm³/mol. The fraction of sp³-hybridized carbons (Fsp3) is 0.154. The third-order valence-electron chi connectivity index (χ3n) is 2.05. The van der Waals surface area contributed by atoms with E-state index in [9.17, 15) is 4.79 Å². The molecular formula is C13H12ClN3O2. The van der Waals surface area contributed by atoms with Gasteiger partial charge in [0, 0.05) is 9.93 Å². The van der Waals surface area contributed by atoms with Crippen LogP contribution in [0.25, 0.3) is 16.5 Å². The fourth-order valence-corrected chi connectivity index (χ4v) is 1.35. The number of halogens is 1. The van der Waals surface area contributed by atoms with Gasteiger partial charge >= 0.3 is 5.97 Å². The van der Waals surface area contributed by atoms with Crippen LogP contribution < -0.4 is 0 Å². The first-order chi connectivity index (χ1) is 9.17. The SMILES string of the molecule is CCOC(=O)/C(=C/C=C/c1ccc(Cl)cc1)N=[N+]=[N-]. The van der Waals surface area contributed by atoms with E-state index in [0.29, 0.717) is 5.02 Å². The molecule has 1 rings (SSSR count). The molecule has 0 aliphatic rings. The standard InChI is InChI=1S/C13H12ClN3O2/c1-2-19-13(18)12(16-17-15)5-3-4-10-6-8-11(14)9-7-10/h3-9H,2H2,1H3/b4-3+,12-5-. The summed E-state index contributed by atoms with van der Waals surface area (Å²) in [5.74, 6) is -0.652. The number of ether oxygens (including phenoxy) is 1. The van der Waals surface area contributed by atoms with Gasteiger partial charge in [-0.25, -0.2) is 4.79 Å². The van der Waals surface area contributed by atoms with Crippen LogP contribution in [0.1, 0.15) is 12.5 Å². The first-order valence-corrected chi connectivity index (χ1v) is 5.91. The number of azide groups is 1. The van der Waals surface area contributed by atoms with E-state index in [4.69, 9.17) is 21.9 Å². The Kier molecular flexibility index (Phi) is 6.22. The molecule has 0 aliphatic carbocycles. The van der Waals surface area contributed by atoms with Crippen molar-refractivity contribution in [3.63, 3.8) is 0 Å². The summed E-state index contributed by atoms with van der Waals surface area (Å²) in [6.45, 7) is 1.90. The molecule has 98 valence electrons. The molecule has 0 atom stereocenters. The van der Waals surface area contributed by atoms with Crippen LogP contribution in [0.5, 0.6) is 0 Å². The minimum absolute atomic E-state index is 0.0884. The van der Waals surface area contributed by atoms with E-state index in [1.54, 1.807) is 31.2 Å². The Bertz CT molecular complexity index is 544. The van der Waals surface area contributed by atoms with E-state index in [0.717, 1.165) is 5.56 Å². The largest absolute Gasteiger partial charge is 0.462 e. The molecule has 0 bridgehead atoms. The lowest BCUT2D eigenvalue weighted by atomic mass is 10.2. The van der Waals surface area contributed by atoms with Crippen molar-refractivity contribution in [3.8, 4) is 0 Å². The number of carbonyl (C=O) groups excluding carboxylic acids is 1. The van der Waals surface area contributed by atoms with Crippen LogP contribution in [0.2, 0.25) is 5.02 Å². The predicted octanol–water partition coefficient (Wildman–Crippen LogP) is 4.11. The molecule has 0 heterocycles. The summed E-state index contributed by atoms with van der Waals surface area (Å²) >= 11 is 5.76. The first-order valence-electron chi connectivity index (χ1n) is 5.53. The highest BCUT2D eigenvalue weighted by molar-refractivity contribution is 6.30. The molecule has 0 saturated heterocycles. The van der Waals surface area contributed by atoms with Crippen molar-refractivity contribution in [1.29, 1.82) is 0 Å². The average molecular weight is 278 g/mol. The Balaban J connectivity index is 2.83. The number of hydrogen-bond donors (Lipinski definition) is 0. The zero-order valence-electron chi connectivity index (χ0n) is 10.3. The average Bonchev–Trinajstić information content (AvgIpc) is 2.40. The van der Waals surface area contributed by atoms with Gasteiger partial charge in [0.25, 0.3) is 0 Å². The quantitative estimate of drug-likeness (QED) is 0.203. The third kappa shape index (κ3) is 5.29. The van der Waals surface area contributed by atoms with E-state index in [1.807, 2.05) is 12.1 Å². The summed E-state index contributed by atoms with van der Waals surface area (Å²) in [5.41, 5.74) is 9.19. The van der Waals surface area contributed by atoms with Crippen LogP contribution in [-0.4, -0.2) is 12.6 Å². The number of benzene rings is 1. The van der Waals surface area contributed by atoms with Gasteiger partial charge in [-0.2, -0.15) is 0 Å². The Hall–Kier alpha value is -2.23. The van der Waals surface area contributed by atoms with Crippen LogP contribution in [-0.2, 0) is 9.53 Å². The van der Waals surface area contributed by atoms with Crippen molar-refractivity contribution >= 4 is 23.6 Å². The number of esters is 1. The Morgan fingerprint density at radius 3 is 2.74 bits per heavy atom. The molecule has 0 unspecified atom stereocenters. The maximum absolute atomic E-state index is 11.4. The highest BCUT2D eigenvalue weighted by atomic mass is 35.5. The molecule has 0 aromatic heterocycles. The highest BCUT2D eigenvalue weighted by Gasteiger charge is 2.06. The van der Waals surface area contributed by atoms with Crippen LogP contribution >= 0.6 is 11.6 Å². The lowest BCUT2D eigenvalue weighted by Crippen LogP contribution is -2.05. The highest BCUT2D eigenvalue weighted by Crippen LogP contribution is 2.11. The number of allylic oxidation sites excluding steroid dienone is 2. The number of carbonyl (C=O) groups is 1. The maximum Gasteiger partial charge on any atom is 0.340 e. The topological polar surface area (TPSA) is 75.1 Å². The molecule has 0 radical (unpaired) electrons. The Morgan fingerprint density at radius 2 is 2.16 bits per heavy atom. The summed E-state index contributed by atoms with van der Waals surface area (Å²) in [6.07, 6.45) is 4.75. The summed E-state index contributed by atoms with van der Waals surface area (Å²) in [6, 6.07) is 7.16. The van der Waals surface area contributed by atoms with Gasteiger partial charge in [-0.3, -0.25) is 0 Å². The van der Waals surface area contributed by atoms with E-state index in [-0.39, 0.29) is 12.3 Å². The minimum atomic E-state index is -0.652. The van der Waals surface area contributed by atoms with E-state index in [2.05, 4.69) is 10.0 Å². The summed E-state index contributed by atoms with van der Waals surface area (Å²) in [7, 11) is 0. The lowest BCUT2D eigenvalue weighted by Gasteiger charge is -1.99. The van der Waals surface area contributed by atoms with Gasteiger partial charge in [0.1, 0.15) is 5.70 Å². The number of rotatable bonds is 5. The van der Waals surface area contributed by atoms with Crippen LogP contribution in [0.3, 0.4) is 0 Å². The summed E-state index contributed by atoms with van der Waals surface area (Å²) in [5, 5.41) is 3.93. The summed E-state index contributed by atoms with van der Waals surface area (Å²) in [4.78, 5) is 14.0. The first kappa shape index (κ1) is 14.8. The second-order valence-electron chi connectivity index (χ2n) is 3.37. The summed E-state index contributed by atoms with van der Waals surface area (Å²) < 4.78 is 4.75. The molecule has 0 N–H and O–H groups in total. The van der Waals surface area contributed by atoms with Gasteiger partial charge in [0.2, 0.25) is 0 Å². The molecule has 0 aliphatic heterocycles. The maximum atomic E-state index is 11.4. The Labute approximate surface area is 115 Å². The van der Waals surface area contributed by atoms with Gasteiger partial charge in [0.05, 0.1) is 6.61 Å². The normalized spacial score (nSPS) is 11.2. The van der Waals surface area contributed by atoms with Crippen molar-refractivity contribution in [3.05, 3.63) is 63.1 Å². The molecule has 0 fully saturated rings.